The quantitative estimate of drug-likeness (QED) is 0.776. The molecule has 13 heavy (non-hydrogen) atoms. The molecule has 3 nitrogen and oxygen atoms in total. The van der Waals surface area contributed by atoms with Crippen molar-refractivity contribution in [2.24, 2.45) is 0 Å². The van der Waals surface area contributed by atoms with E-state index in [-0.39, 0.29) is 5.41 Å². The third kappa shape index (κ3) is 1.14. The SMILES string of the molecule is CCc1c(N)noc1C1(CC)CC1. The molecule has 0 bridgehead atoms. The molecule has 0 atom stereocenters. The summed E-state index contributed by atoms with van der Waals surface area (Å²) in [5, 5.41) is 3.84. The van der Waals surface area contributed by atoms with Crippen LogP contribution in [0.3, 0.4) is 0 Å². The lowest BCUT2D eigenvalue weighted by molar-refractivity contribution is 0.348. The van der Waals surface area contributed by atoms with Crippen LogP contribution < -0.4 is 5.73 Å². The molecule has 3 heteroatoms. The maximum absolute atomic E-state index is 5.73. The summed E-state index contributed by atoms with van der Waals surface area (Å²) in [7, 11) is 0. The number of nitrogens with two attached hydrogens (primary N) is 1. The Morgan fingerprint density at radius 3 is 2.62 bits per heavy atom. The van der Waals surface area contributed by atoms with E-state index in [1.54, 1.807) is 0 Å². The van der Waals surface area contributed by atoms with Gasteiger partial charge in [0.15, 0.2) is 5.82 Å². The fourth-order valence-electron chi connectivity index (χ4n) is 1.97. The van der Waals surface area contributed by atoms with Gasteiger partial charge in [-0.2, -0.15) is 0 Å². The van der Waals surface area contributed by atoms with E-state index in [1.165, 1.54) is 12.8 Å². The molecule has 0 unspecified atom stereocenters. The van der Waals surface area contributed by atoms with Crippen molar-refractivity contribution >= 4 is 5.82 Å². The van der Waals surface area contributed by atoms with E-state index < -0.39 is 0 Å². The van der Waals surface area contributed by atoms with Gasteiger partial charge >= 0.3 is 0 Å². The monoisotopic (exact) mass is 180 g/mol. The van der Waals surface area contributed by atoms with E-state index >= 15 is 0 Å². The van der Waals surface area contributed by atoms with E-state index in [0.717, 1.165) is 24.2 Å². The lowest BCUT2D eigenvalue weighted by atomic mass is 9.96. The first-order chi connectivity index (χ1) is 6.23. The summed E-state index contributed by atoms with van der Waals surface area (Å²) in [6.45, 7) is 4.29. The van der Waals surface area contributed by atoms with E-state index in [9.17, 15) is 0 Å². The van der Waals surface area contributed by atoms with Gasteiger partial charge < -0.3 is 10.3 Å². The molecular formula is C10H16N2O. The first-order valence-corrected chi connectivity index (χ1v) is 4.98. The Kier molecular flexibility index (Phi) is 1.82. The molecule has 72 valence electrons. The predicted molar refractivity (Wildman–Crippen MR) is 51.5 cm³/mol. The van der Waals surface area contributed by atoms with E-state index in [0.29, 0.717) is 5.82 Å². The molecular weight excluding hydrogens is 164 g/mol. The standard InChI is InChI=1S/C10H16N2O/c1-3-7-8(13-12-9(7)11)10(4-2)5-6-10/h3-6H2,1-2H3,(H2,11,12). The molecule has 2 N–H and O–H groups in total. The van der Waals surface area contributed by atoms with E-state index in [4.69, 9.17) is 10.3 Å². The van der Waals surface area contributed by atoms with Gasteiger partial charge in [0.25, 0.3) is 0 Å². The summed E-state index contributed by atoms with van der Waals surface area (Å²) in [6.07, 6.45) is 4.51. The summed E-state index contributed by atoms with van der Waals surface area (Å²) in [5.74, 6) is 1.63. The second-order valence-corrected chi connectivity index (χ2v) is 3.86. The van der Waals surface area contributed by atoms with Crippen LogP contribution in [0.1, 0.15) is 44.4 Å². The molecule has 1 aromatic rings. The minimum absolute atomic E-state index is 0.288. The smallest absolute Gasteiger partial charge is 0.170 e. The van der Waals surface area contributed by atoms with E-state index in [2.05, 4.69) is 19.0 Å². The van der Waals surface area contributed by atoms with Gasteiger partial charge in [0.05, 0.1) is 0 Å². The second-order valence-electron chi connectivity index (χ2n) is 3.86. The molecule has 1 fully saturated rings. The van der Waals surface area contributed by atoms with Crippen molar-refractivity contribution in [1.29, 1.82) is 0 Å². The van der Waals surface area contributed by atoms with Crippen LogP contribution in [0, 0.1) is 0 Å². The van der Waals surface area contributed by atoms with Crippen molar-refractivity contribution in [3.63, 3.8) is 0 Å². The minimum Gasteiger partial charge on any atom is -0.381 e. The average molecular weight is 180 g/mol. The summed E-state index contributed by atoms with van der Waals surface area (Å²) in [4.78, 5) is 0. The van der Waals surface area contributed by atoms with Gasteiger partial charge in [-0.25, -0.2) is 0 Å². The number of anilines is 1. The van der Waals surface area contributed by atoms with Crippen LogP contribution in [0.5, 0.6) is 0 Å². The maximum Gasteiger partial charge on any atom is 0.170 e. The Morgan fingerprint density at radius 2 is 2.15 bits per heavy atom. The zero-order valence-electron chi connectivity index (χ0n) is 8.26. The van der Waals surface area contributed by atoms with Crippen LogP contribution in [-0.2, 0) is 11.8 Å². The zero-order valence-corrected chi connectivity index (χ0v) is 8.26. The van der Waals surface area contributed by atoms with Crippen LogP contribution in [0.4, 0.5) is 5.82 Å². The van der Waals surface area contributed by atoms with Crippen molar-refractivity contribution < 1.29 is 4.52 Å². The highest BCUT2D eigenvalue weighted by atomic mass is 16.5. The molecule has 1 saturated carbocycles. The van der Waals surface area contributed by atoms with Crippen molar-refractivity contribution in [3.8, 4) is 0 Å². The Hall–Kier alpha value is -0.990. The number of hydrogen-bond acceptors (Lipinski definition) is 3. The van der Waals surface area contributed by atoms with Gasteiger partial charge in [-0.3, -0.25) is 0 Å². The van der Waals surface area contributed by atoms with Crippen molar-refractivity contribution in [3.05, 3.63) is 11.3 Å². The average Bonchev–Trinajstić information content (AvgIpc) is 2.85. The number of hydrogen-bond donors (Lipinski definition) is 1. The van der Waals surface area contributed by atoms with Crippen LogP contribution >= 0.6 is 0 Å². The Labute approximate surface area is 78.3 Å². The normalized spacial score (nSPS) is 18.9. The molecule has 0 aromatic carbocycles. The Balaban J connectivity index is 2.40. The third-order valence-electron chi connectivity index (χ3n) is 3.18. The molecule has 1 aliphatic carbocycles. The Morgan fingerprint density at radius 1 is 1.46 bits per heavy atom. The molecule has 2 rings (SSSR count). The number of nitrogen functional groups attached to an aromatic ring is 1. The molecule has 1 aromatic heterocycles. The van der Waals surface area contributed by atoms with Gasteiger partial charge in [0.2, 0.25) is 0 Å². The third-order valence-corrected chi connectivity index (χ3v) is 3.18. The number of nitrogens with zero attached hydrogens (tertiary/aromatic N) is 1. The minimum atomic E-state index is 0.288. The number of aromatic nitrogens is 1. The highest BCUT2D eigenvalue weighted by Crippen LogP contribution is 2.52. The molecule has 0 amide bonds. The van der Waals surface area contributed by atoms with Crippen molar-refractivity contribution in [2.45, 2.75) is 44.9 Å². The van der Waals surface area contributed by atoms with Gasteiger partial charge in [-0.05, 0) is 25.7 Å². The van der Waals surface area contributed by atoms with E-state index in [1.807, 2.05) is 0 Å². The summed E-state index contributed by atoms with van der Waals surface area (Å²) < 4.78 is 5.33. The van der Waals surface area contributed by atoms with Crippen molar-refractivity contribution in [2.75, 3.05) is 5.73 Å². The highest BCUT2D eigenvalue weighted by Gasteiger charge is 2.47. The van der Waals surface area contributed by atoms with Crippen LogP contribution in [0.25, 0.3) is 0 Å². The highest BCUT2D eigenvalue weighted by molar-refractivity contribution is 5.45. The first kappa shape index (κ1) is 8.60. The van der Waals surface area contributed by atoms with Crippen LogP contribution in [-0.4, -0.2) is 5.16 Å². The Bertz CT molecular complexity index is 313. The lowest BCUT2D eigenvalue weighted by Gasteiger charge is -2.08. The molecule has 0 spiro atoms. The summed E-state index contributed by atoms with van der Waals surface area (Å²) in [5.41, 5.74) is 7.14. The molecule has 1 heterocycles. The second kappa shape index (κ2) is 2.76. The van der Waals surface area contributed by atoms with Gasteiger partial charge in [0, 0.05) is 11.0 Å². The summed E-state index contributed by atoms with van der Waals surface area (Å²) in [6, 6.07) is 0. The maximum atomic E-state index is 5.73. The van der Waals surface area contributed by atoms with Crippen LogP contribution in [0.15, 0.2) is 4.52 Å². The molecule has 0 saturated heterocycles. The van der Waals surface area contributed by atoms with Crippen LogP contribution in [0.2, 0.25) is 0 Å². The largest absolute Gasteiger partial charge is 0.381 e. The number of rotatable bonds is 3. The lowest BCUT2D eigenvalue weighted by Crippen LogP contribution is -2.06. The molecule has 0 radical (unpaired) electrons. The molecule has 1 aliphatic rings. The topological polar surface area (TPSA) is 52.0 Å². The van der Waals surface area contributed by atoms with Crippen molar-refractivity contribution in [1.82, 2.24) is 5.16 Å². The van der Waals surface area contributed by atoms with Gasteiger partial charge in [0.1, 0.15) is 5.76 Å². The zero-order chi connectivity index (χ0) is 9.47. The summed E-state index contributed by atoms with van der Waals surface area (Å²) >= 11 is 0. The predicted octanol–water partition coefficient (Wildman–Crippen LogP) is 2.26. The fourth-order valence-corrected chi connectivity index (χ4v) is 1.97. The fraction of sp³-hybridized carbons (Fsp3) is 0.700. The van der Waals surface area contributed by atoms with Gasteiger partial charge in [-0.1, -0.05) is 19.0 Å². The van der Waals surface area contributed by atoms with Gasteiger partial charge in [-0.15, -0.1) is 0 Å². The first-order valence-electron chi connectivity index (χ1n) is 4.98. The molecule has 0 aliphatic heterocycles.